The molecule has 156 valence electrons. The van der Waals surface area contributed by atoms with Gasteiger partial charge in [0.05, 0.1) is 12.8 Å². The van der Waals surface area contributed by atoms with E-state index in [1.807, 2.05) is 32.0 Å². The average Bonchev–Trinajstić information content (AvgIpc) is 3.22. The second kappa shape index (κ2) is 8.39. The first-order chi connectivity index (χ1) is 14.9. The molecular weight excluding hydrogens is 395 g/mol. The Bertz CT molecular complexity index is 1250. The van der Waals surface area contributed by atoms with Crippen LogP contribution in [0.15, 0.2) is 66.7 Å². The lowest BCUT2D eigenvalue weighted by Crippen LogP contribution is -2.14. The summed E-state index contributed by atoms with van der Waals surface area (Å²) in [5, 5.41) is 7.25. The normalized spacial score (nSPS) is 10.7. The number of hydrogen-bond donors (Lipinski definition) is 1. The van der Waals surface area contributed by atoms with Crippen molar-refractivity contribution >= 4 is 11.6 Å². The lowest BCUT2D eigenvalue weighted by Gasteiger charge is -2.08. The lowest BCUT2D eigenvalue weighted by atomic mass is 10.1. The molecule has 0 radical (unpaired) electrons. The van der Waals surface area contributed by atoms with Gasteiger partial charge >= 0.3 is 0 Å². The van der Waals surface area contributed by atoms with E-state index in [0.29, 0.717) is 22.8 Å². The SMILES string of the molecule is COc1cccc(NC(=O)c2nc(-c3ccc(F)cc3)n(-c3ccc(C)c(C)c3)n2)c1. The highest BCUT2D eigenvalue weighted by molar-refractivity contribution is 6.02. The van der Waals surface area contributed by atoms with Crippen molar-refractivity contribution in [3.05, 3.63) is 89.5 Å². The van der Waals surface area contributed by atoms with E-state index >= 15 is 0 Å². The fourth-order valence-electron chi connectivity index (χ4n) is 3.12. The molecule has 0 fully saturated rings. The van der Waals surface area contributed by atoms with Crippen LogP contribution in [0.3, 0.4) is 0 Å². The van der Waals surface area contributed by atoms with Crippen LogP contribution in [0.5, 0.6) is 5.75 Å². The first-order valence-electron chi connectivity index (χ1n) is 9.70. The van der Waals surface area contributed by atoms with Crippen LogP contribution in [-0.2, 0) is 0 Å². The molecule has 0 aliphatic heterocycles. The van der Waals surface area contributed by atoms with Crippen molar-refractivity contribution in [1.82, 2.24) is 14.8 Å². The number of hydrogen-bond acceptors (Lipinski definition) is 4. The van der Waals surface area contributed by atoms with Crippen LogP contribution in [0.4, 0.5) is 10.1 Å². The Kier molecular flexibility index (Phi) is 5.49. The standard InChI is InChI=1S/C24H21FN4O2/c1-15-7-12-20(13-16(15)2)29-23(17-8-10-18(25)11-9-17)27-22(28-29)24(30)26-19-5-4-6-21(14-19)31-3/h4-14H,1-3H3,(H,26,30). The number of halogens is 1. The molecule has 0 bridgehead atoms. The number of nitrogens with one attached hydrogen (secondary N) is 1. The zero-order valence-corrected chi connectivity index (χ0v) is 17.4. The molecular formula is C24H21FN4O2. The van der Waals surface area contributed by atoms with E-state index < -0.39 is 5.91 Å². The Balaban J connectivity index is 1.75. The fourth-order valence-corrected chi connectivity index (χ4v) is 3.12. The van der Waals surface area contributed by atoms with Gasteiger partial charge in [0.1, 0.15) is 11.6 Å². The maximum Gasteiger partial charge on any atom is 0.295 e. The van der Waals surface area contributed by atoms with E-state index in [1.54, 1.807) is 48.2 Å². The zero-order valence-electron chi connectivity index (χ0n) is 17.4. The van der Waals surface area contributed by atoms with Crippen LogP contribution in [0.2, 0.25) is 0 Å². The molecule has 31 heavy (non-hydrogen) atoms. The first-order valence-corrected chi connectivity index (χ1v) is 9.70. The molecule has 6 nitrogen and oxygen atoms in total. The van der Waals surface area contributed by atoms with Gasteiger partial charge in [0.25, 0.3) is 5.91 Å². The van der Waals surface area contributed by atoms with Gasteiger partial charge in [-0.3, -0.25) is 4.79 Å². The van der Waals surface area contributed by atoms with E-state index in [9.17, 15) is 9.18 Å². The third kappa shape index (κ3) is 4.30. The van der Waals surface area contributed by atoms with Crippen LogP contribution < -0.4 is 10.1 Å². The Labute approximate surface area is 179 Å². The van der Waals surface area contributed by atoms with Crippen LogP contribution in [0.1, 0.15) is 21.7 Å². The molecule has 3 aromatic carbocycles. The summed E-state index contributed by atoms with van der Waals surface area (Å²) in [6.45, 7) is 4.03. The van der Waals surface area contributed by atoms with Gasteiger partial charge in [-0.25, -0.2) is 14.1 Å². The number of carbonyl (C=O) groups is 1. The van der Waals surface area contributed by atoms with Crippen molar-refractivity contribution in [2.45, 2.75) is 13.8 Å². The number of benzene rings is 3. The quantitative estimate of drug-likeness (QED) is 0.500. The number of aryl methyl sites for hydroxylation is 2. The summed E-state index contributed by atoms with van der Waals surface area (Å²) in [7, 11) is 1.56. The van der Waals surface area contributed by atoms with Crippen molar-refractivity contribution in [2.24, 2.45) is 0 Å². The van der Waals surface area contributed by atoms with Crippen molar-refractivity contribution in [2.75, 3.05) is 12.4 Å². The van der Waals surface area contributed by atoms with Gasteiger partial charge < -0.3 is 10.1 Å². The first kappa shape index (κ1) is 20.3. The van der Waals surface area contributed by atoms with Gasteiger partial charge in [0.15, 0.2) is 5.82 Å². The highest BCUT2D eigenvalue weighted by Gasteiger charge is 2.19. The second-order valence-corrected chi connectivity index (χ2v) is 7.13. The molecule has 1 heterocycles. The molecule has 1 N–H and O–H groups in total. The molecule has 0 aliphatic rings. The molecule has 4 aromatic rings. The summed E-state index contributed by atoms with van der Waals surface area (Å²) in [6.07, 6.45) is 0. The van der Waals surface area contributed by atoms with Crippen molar-refractivity contribution in [1.29, 1.82) is 0 Å². The summed E-state index contributed by atoms with van der Waals surface area (Å²) in [4.78, 5) is 17.3. The maximum atomic E-state index is 13.4. The topological polar surface area (TPSA) is 69.0 Å². The Morgan fingerprint density at radius 2 is 1.77 bits per heavy atom. The van der Waals surface area contributed by atoms with Crippen LogP contribution in [-0.4, -0.2) is 27.8 Å². The molecule has 7 heteroatoms. The van der Waals surface area contributed by atoms with Crippen molar-refractivity contribution in [3.63, 3.8) is 0 Å². The average molecular weight is 416 g/mol. The number of amides is 1. The zero-order chi connectivity index (χ0) is 22.0. The largest absolute Gasteiger partial charge is 0.497 e. The molecule has 1 aromatic heterocycles. The van der Waals surface area contributed by atoms with Crippen LogP contribution in [0.25, 0.3) is 17.1 Å². The van der Waals surface area contributed by atoms with Crippen LogP contribution in [0, 0.1) is 19.7 Å². The Morgan fingerprint density at radius 1 is 1.00 bits per heavy atom. The minimum atomic E-state index is -0.459. The van der Waals surface area contributed by atoms with Gasteiger partial charge in [-0.1, -0.05) is 12.1 Å². The number of carbonyl (C=O) groups excluding carboxylic acids is 1. The number of nitrogens with zero attached hydrogens (tertiary/aromatic N) is 3. The summed E-state index contributed by atoms with van der Waals surface area (Å²) in [5.41, 5.74) is 4.20. The predicted octanol–water partition coefficient (Wildman–Crippen LogP) is 4.95. The third-order valence-corrected chi connectivity index (χ3v) is 4.98. The highest BCUT2D eigenvalue weighted by atomic mass is 19.1. The van der Waals surface area contributed by atoms with Gasteiger partial charge in [-0.2, -0.15) is 0 Å². The molecule has 4 rings (SSSR count). The number of aromatic nitrogens is 3. The van der Waals surface area contributed by atoms with E-state index in [4.69, 9.17) is 4.74 Å². The molecule has 0 unspecified atom stereocenters. The number of ether oxygens (including phenoxy) is 1. The van der Waals surface area contributed by atoms with Gasteiger partial charge in [-0.15, -0.1) is 5.10 Å². The van der Waals surface area contributed by atoms with Crippen molar-refractivity contribution in [3.8, 4) is 22.8 Å². The molecule has 0 saturated carbocycles. The predicted molar refractivity (Wildman–Crippen MR) is 117 cm³/mol. The van der Waals surface area contributed by atoms with Crippen LogP contribution >= 0.6 is 0 Å². The molecule has 0 atom stereocenters. The van der Waals surface area contributed by atoms with E-state index in [0.717, 1.165) is 16.8 Å². The summed E-state index contributed by atoms with van der Waals surface area (Å²) < 4.78 is 20.2. The number of methoxy groups -OCH3 is 1. The highest BCUT2D eigenvalue weighted by Crippen LogP contribution is 2.24. The number of anilines is 1. The molecule has 1 amide bonds. The minimum Gasteiger partial charge on any atom is -0.497 e. The number of rotatable bonds is 5. The van der Waals surface area contributed by atoms with E-state index in [-0.39, 0.29) is 11.6 Å². The van der Waals surface area contributed by atoms with Gasteiger partial charge in [-0.05, 0) is 73.5 Å². The summed E-state index contributed by atoms with van der Waals surface area (Å²) in [6, 6.07) is 18.8. The van der Waals surface area contributed by atoms with E-state index in [1.165, 1.54) is 12.1 Å². The van der Waals surface area contributed by atoms with Gasteiger partial charge in [0.2, 0.25) is 5.82 Å². The maximum absolute atomic E-state index is 13.4. The second-order valence-electron chi connectivity index (χ2n) is 7.13. The van der Waals surface area contributed by atoms with Gasteiger partial charge in [0, 0.05) is 17.3 Å². The molecule has 0 spiro atoms. The Morgan fingerprint density at radius 3 is 2.48 bits per heavy atom. The smallest absolute Gasteiger partial charge is 0.295 e. The lowest BCUT2D eigenvalue weighted by molar-refractivity contribution is 0.101. The summed E-state index contributed by atoms with van der Waals surface area (Å²) in [5.74, 6) is 0.258. The minimum absolute atomic E-state index is 0.000345. The third-order valence-electron chi connectivity index (χ3n) is 4.98. The Hall–Kier alpha value is -4.00. The van der Waals surface area contributed by atoms with Crippen molar-refractivity contribution < 1.29 is 13.9 Å². The molecule has 0 aliphatic carbocycles. The molecule has 0 saturated heterocycles. The summed E-state index contributed by atoms with van der Waals surface area (Å²) >= 11 is 0. The van der Waals surface area contributed by atoms with E-state index in [2.05, 4.69) is 15.4 Å². The fraction of sp³-hybridized carbons (Fsp3) is 0.125. The monoisotopic (exact) mass is 416 g/mol.